The number of primary amides is 4. The fourth-order valence-corrected chi connectivity index (χ4v) is 11.0. The van der Waals surface area contributed by atoms with Gasteiger partial charge in [-0.05, 0) is 184 Å². The van der Waals surface area contributed by atoms with Crippen LogP contribution in [0.4, 0.5) is 39.8 Å². The highest BCUT2D eigenvalue weighted by molar-refractivity contribution is 14.1. The van der Waals surface area contributed by atoms with E-state index in [9.17, 15) is 78.8 Å². The van der Waals surface area contributed by atoms with Gasteiger partial charge in [-0.25, -0.2) is 14.4 Å². The van der Waals surface area contributed by atoms with Gasteiger partial charge in [0.15, 0.2) is 0 Å². The lowest BCUT2D eigenvalue weighted by atomic mass is 10.1. The standard InChI is InChI=1S/C11H12N2O.C10H9IN2O.C10H9N3O3.C10H11N3O.C9H5IN2O4.C8H8N2O4.C7H6N2O4.C3H6O/c1-6-3-4-8(11(12)14)10-9(6)5-7(2)13-10;1-5-4-7-8(11)3-2-6(10(12)14)9(7)13-5;1-5-4-7-8(13(15)16)3-2-6(10(11)14)9(7)12-5;1-5-4-7-8(11)3-2-6(10(12)14)9(7)13-5;10-7-3-5-6(12(15)16)2-1-4(9(13)14)8(5)11-7;1-14-8(11)6-3-2-5(10(12)13)4-7(6)9;8-6-3-4(9(12)13)1-2-5(6)7(10)11;1-3(2)4/h3-5,13H,1-2H3,(H2,12,14);2-4,13H,1H3,(H2,12,14);2-4,12H,1H3,(H2,11,14);2-4,13H,11H2,1H3,(H2,12,14);1-3,11H,(H,13,14);2-4H,9H2,1H3;1-3H,8H2,(H,10,11);1-2H3. The molecule has 546 valence electrons. The average Bonchev–Trinajstić information content (AvgIpc) is 1.69. The fraction of sp³-hybridized carbons (Fsp3) is 0.118. The highest BCUT2D eigenvalue weighted by Gasteiger charge is 2.22. The van der Waals surface area contributed by atoms with Crippen molar-refractivity contribution in [1.82, 2.24) is 24.9 Å². The van der Waals surface area contributed by atoms with Crippen LogP contribution in [0.5, 0.6) is 0 Å². The molecule has 0 saturated carbocycles. The lowest BCUT2D eigenvalue weighted by Gasteiger charge is -2.02. The Labute approximate surface area is 619 Å². The van der Waals surface area contributed by atoms with E-state index in [4.69, 9.17) is 50.3 Å². The molecule has 5 heterocycles. The number of methoxy groups -OCH3 is 1. The zero-order valence-electron chi connectivity index (χ0n) is 56.5. The summed E-state index contributed by atoms with van der Waals surface area (Å²) in [4.78, 5) is 141. The highest BCUT2D eigenvalue weighted by Crippen LogP contribution is 2.32. The summed E-state index contributed by atoms with van der Waals surface area (Å²) in [6.07, 6.45) is 0. The van der Waals surface area contributed by atoms with Gasteiger partial charge in [0, 0.05) is 84.6 Å². The lowest BCUT2D eigenvalue weighted by molar-refractivity contribution is -0.385. The number of hydrogen-bond donors (Lipinski definition) is 14. The van der Waals surface area contributed by atoms with Crippen molar-refractivity contribution in [2.75, 3.05) is 24.3 Å². The van der Waals surface area contributed by atoms with E-state index in [1.165, 1.54) is 57.4 Å². The van der Waals surface area contributed by atoms with Crippen molar-refractivity contribution in [1.29, 1.82) is 0 Å². The Balaban J connectivity index is 0.000000218. The van der Waals surface area contributed by atoms with E-state index in [-0.39, 0.29) is 67.7 Å². The summed E-state index contributed by atoms with van der Waals surface area (Å²) >= 11 is 4.18. The molecule has 0 bridgehead atoms. The topological polar surface area (TPSA) is 620 Å². The number of nitrogens with zero attached hydrogens (tertiary/aromatic N) is 4. The Bertz CT molecular complexity index is 5020. The average molecular weight is 1670 g/mol. The van der Waals surface area contributed by atoms with Gasteiger partial charge in [-0.15, -0.1) is 0 Å². The summed E-state index contributed by atoms with van der Waals surface area (Å²) in [7, 11) is 1.21. The van der Waals surface area contributed by atoms with Crippen LogP contribution in [-0.2, 0) is 9.53 Å². The summed E-state index contributed by atoms with van der Waals surface area (Å²) < 4.78 is 6.20. The lowest BCUT2D eigenvalue weighted by Crippen LogP contribution is -2.11. The highest BCUT2D eigenvalue weighted by atomic mass is 127. The number of ether oxygens (including phenoxy) is 1. The molecule has 105 heavy (non-hydrogen) atoms. The largest absolute Gasteiger partial charge is 0.478 e. The smallest absolute Gasteiger partial charge is 0.339 e. The van der Waals surface area contributed by atoms with Crippen LogP contribution in [0, 0.1) is 82.3 Å². The number of nitro benzene ring substituents is 4. The number of nitrogens with one attached hydrogen (secondary N) is 5. The number of halogens is 2. The van der Waals surface area contributed by atoms with Gasteiger partial charge in [0.1, 0.15) is 5.78 Å². The molecular weight excluding hydrogens is 1600 g/mol. The van der Waals surface area contributed by atoms with Crippen molar-refractivity contribution >= 4 is 187 Å². The number of hydrogen-bond acceptors (Lipinski definition) is 20. The summed E-state index contributed by atoms with van der Waals surface area (Å²) in [5.41, 5.74) is 47.4. The summed E-state index contributed by atoms with van der Waals surface area (Å²) in [5.74, 6) is -4.60. The molecule has 0 saturated heterocycles. The molecule has 35 nitrogen and oxygen atoms in total. The number of amides is 4. The number of benzene rings is 7. The number of esters is 1. The van der Waals surface area contributed by atoms with Gasteiger partial charge >= 0.3 is 17.9 Å². The first-order chi connectivity index (χ1) is 49.1. The Morgan fingerprint density at radius 3 is 1.11 bits per heavy atom. The van der Waals surface area contributed by atoms with Gasteiger partial charge < -0.3 is 84.8 Å². The van der Waals surface area contributed by atoms with E-state index >= 15 is 0 Å². The van der Waals surface area contributed by atoms with Gasteiger partial charge in [0.25, 0.3) is 46.4 Å². The number of Topliss-reactive ketones (excluding diaryl/α,β-unsaturated/α-hetero) is 1. The number of ketones is 1. The van der Waals surface area contributed by atoms with E-state index < -0.39 is 61.2 Å². The monoisotopic (exact) mass is 1660 g/mol. The Kier molecular flexibility index (Phi) is 28.1. The van der Waals surface area contributed by atoms with Crippen molar-refractivity contribution in [3.8, 4) is 0 Å². The van der Waals surface area contributed by atoms with Crippen molar-refractivity contribution in [3.63, 3.8) is 0 Å². The van der Waals surface area contributed by atoms with Crippen LogP contribution in [0.15, 0.2) is 127 Å². The predicted octanol–water partition coefficient (Wildman–Crippen LogP) is 11.5. The molecule has 0 spiro atoms. The van der Waals surface area contributed by atoms with Gasteiger partial charge in [0.2, 0.25) is 0 Å². The minimum Gasteiger partial charge on any atom is -0.478 e. The van der Waals surface area contributed by atoms with E-state index in [2.05, 4.69) is 52.2 Å². The second-order valence-electron chi connectivity index (χ2n) is 22.4. The number of H-pyrrole nitrogens is 5. The molecule has 0 aliphatic heterocycles. The number of nitro groups is 4. The van der Waals surface area contributed by atoms with E-state index in [0.717, 1.165) is 88.9 Å². The van der Waals surface area contributed by atoms with Crippen molar-refractivity contribution in [2.24, 2.45) is 22.9 Å². The van der Waals surface area contributed by atoms with Crippen LogP contribution in [0.1, 0.15) is 115 Å². The molecule has 0 atom stereocenters. The quantitative estimate of drug-likeness (QED) is 0.0188. The molecule has 5 aromatic heterocycles. The molecule has 0 unspecified atom stereocenters. The molecule has 4 amide bonds. The van der Waals surface area contributed by atoms with Gasteiger partial charge in [-0.3, -0.25) is 59.6 Å². The molecule has 37 heteroatoms. The minimum absolute atomic E-state index is 0.0310. The molecule has 7 aromatic carbocycles. The van der Waals surface area contributed by atoms with Crippen LogP contribution in [0.2, 0.25) is 0 Å². The number of carbonyl (C=O) groups excluding carboxylic acids is 6. The third kappa shape index (κ3) is 21.1. The molecule has 12 aromatic rings. The second-order valence-corrected chi connectivity index (χ2v) is 24.7. The second kappa shape index (κ2) is 35.8. The number of carbonyl (C=O) groups is 8. The third-order valence-electron chi connectivity index (χ3n) is 14.4. The predicted molar refractivity (Wildman–Crippen MR) is 409 cm³/mol. The normalized spacial score (nSPS) is 10.2. The van der Waals surface area contributed by atoms with Crippen LogP contribution in [-0.4, -0.2) is 109 Å². The van der Waals surface area contributed by atoms with Crippen molar-refractivity contribution in [2.45, 2.75) is 48.5 Å². The maximum atomic E-state index is 11.1. The van der Waals surface area contributed by atoms with Gasteiger partial charge in [-0.1, -0.05) is 6.07 Å². The number of aromatic amines is 5. The molecule has 0 aliphatic carbocycles. The number of nitrogens with two attached hydrogens (primary N) is 7. The summed E-state index contributed by atoms with van der Waals surface area (Å²) in [5, 5.41) is 63.3. The Hall–Kier alpha value is -13.3. The number of rotatable bonds is 11. The van der Waals surface area contributed by atoms with Crippen LogP contribution < -0.4 is 40.1 Å². The number of non-ortho nitro benzene ring substituents is 4. The maximum absolute atomic E-state index is 11.1. The number of carboxylic acids is 2. The maximum Gasteiger partial charge on any atom is 0.339 e. The van der Waals surface area contributed by atoms with E-state index in [1.807, 2.05) is 80.6 Å². The fourth-order valence-electron chi connectivity index (χ4n) is 9.84. The van der Waals surface area contributed by atoms with Crippen LogP contribution >= 0.6 is 45.2 Å². The SMILES string of the molecule is CC(C)=O.COC(=O)c1ccc([N+](=O)[O-])cc1N.Cc1cc2c(C)ccc(C(N)=O)c2[nH]1.Cc1cc2c(I)ccc(C(N)=O)c2[nH]1.Cc1cc2c(N)ccc(C(N)=O)c2[nH]1.Cc1cc2c([N+](=O)[O-])ccc(C(N)=O)c2[nH]1.Nc1cc([N+](=O)[O-])ccc1C(=O)O.O=C(O)c1ccc([N+](=O)[O-])c2cc(I)[nH]c12. The van der Waals surface area contributed by atoms with E-state index in [1.54, 1.807) is 43.3 Å². The molecule has 0 fully saturated rings. The number of anilines is 3. The number of aromatic carboxylic acids is 2. The Morgan fingerprint density at radius 2 is 0.714 bits per heavy atom. The summed E-state index contributed by atoms with van der Waals surface area (Å²) in [6.45, 7) is 12.7. The molecule has 12 rings (SSSR count). The first kappa shape index (κ1) is 82.3. The van der Waals surface area contributed by atoms with Crippen LogP contribution in [0.3, 0.4) is 0 Å². The number of carboxylic acid groups (broad SMARTS) is 2. The van der Waals surface area contributed by atoms with Gasteiger partial charge in [-0.2, -0.15) is 0 Å². The number of fused-ring (bicyclic) bond motifs is 5. The summed E-state index contributed by atoms with van der Waals surface area (Å²) in [6, 6.07) is 31.7. The Morgan fingerprint density at radius 1 is 0.390 bits per heavy atom. The zero-order chi connectivity index (χ0) is 78.9. The number of nitrogen functional groups attached to an aromatic ring is 3. The number of aromatic nitrogens is 5. The molecule has 21 N–H and O–H groups in total. The van der Waals surface area contributed by atoms with Crippen molar-refractivity contribution < 1.29 is 73.0 Å². The molecule has 0 radical (unpaired) electrons. The van der Waals surface area contributed by atoms with Crippen molar-refractivity contribution in [3.05, 3.63) is 242 Å². The third-order valence-corrected chi connectivity index (χ3v) is 16.0. The zero-order valence-corrected chi connectivity index (χ0v) is 60.9. The first-order valence-electron chi connectivity index (χ1n) is 29.9. The minimum atomic E-state index is -1.20. The molecule has 0 aliphatic rings. The van der Waals surface area contributed by atoms with Gasteiger partial charge in [0.05, 0.1) is 119 Å². The first-order valence-corrected chi connectivity index (χ1v) is 32.0. The van der Waals surface area contributed by atoms with Crippen LogP contribution in [0.25, 0.3) is 54.5 Å². The number of aryl methyl sites for hydroxylation is 5. The molecular formula is C68H66I2N16O19. The van der Waals surface area contributed by atoms with E-state index in [0.29, 0.717) is 42.4 Å².